The Bertz CT molecular complexity index is 1440. The number of nitrogens with zero attached hydrogens (tertiary/aromatic N) is 4. The minimum atomic E-state index is -0.141. The molecule has 0 radical (unpaired) electrons. The average Bonchev–Trinajstić information content (AvgIpc) is 3.34. The van der Waals surface area contributed by atoms with E-state index in [1.165, 1.54) is 11.8 Å². The zero-order valence-corrected chi connectivity index (χ0v) is 20.4. The second-order valence-electron chi connectivity index (χ2n) is 8.00. The van der Waals surface area contributed by atoms with Gasteiger partial charge in [-0.3, -0.25) is 14.3 Å². The van der Waals surface area contributed by atoms with E-state index in [9.17, 15) is 4.79 Å². The molecule has 1 amide bonds. The third-order valence-electron chi connectivity index (χ3n) is 5.29. The zero-order chi connectivity index (χ0) is 24.7. The summed E-state index contributed by atoms with van der Waals surface area (Å²) in [5, 5.41) is 12.3. The van der Waals surface area contributed by atoms with Crippen molar-refractivity contribution in [3.8, 4) is 28.6 Å². The van der Waals surface area contributed by atoms with Crippen LogP contribution in [0.15, 0.2) is 109 Å². The minimum Gasteiger partial charge on any atom is -0.457 e. The number of hydrogen-bond acceptors (Lipinski definition) is 6. The lowest BCUT2D eigenvalue weighted by atomic mass is 10.2. The molecule has 1 N–H and O–H groups in total. The fraction of sp³-hybridized carbons (Fsp3) is 0.0714. The molecule has 36 heavy (non-hydrogen) atoms. The summed E-state index contributed by atoms with van der Waals surface area (Å²) in [4.78, 5) is 16.9. The van der Waals surface area contributed by atoms with Crippen LogP contribution in [-0.4, -0.2) is 31.4 Å². The summed E-state index contributed by atoms with van der Waals surface area (Å²) < 4.78 is 7.75. The number of benzene rings is 3. The molecular formula is C28H23N5O2S. The van der Waals surface area contributed by atoms with Gasteiger partial charge in [-0.15, -0.1) is 10.2 Å². The predicted octanol–water partition coefficient (Wildman–Crippen LogP) is 6.16. The van der Waals surface area contributed by atoms with Gasteiger partial charge in [0.15, 0.2) is 11.0 Å². The number of hydrogen-bond donors (Lipinski definition) is 1. The van der Waals surface area contributed by atoms with Crippen LogP contribution in [0.1, 0.15) is 5.56 Å². The molecule has 2 aromatic heterocycles. The monoisotopic (exact) mass is 493 g/mol. The second kappa shape index (κ2) is 10.9. The summed E-state index contributed by atoms with van der Waals surface area (Å²) in [5.74, 6) is 2.16. The van der Waals surface area contributed by atoms with E-state index >= 15 is 0 Å². The number of para-hydroxylation sites is 1. The Morgan fingerprint density at radius 2 is 1.64 bits per heavy atom. The quantitative estimate of drug-likeness (QED) is 0.261. The van der Waals surface area contributed by atoms with Crippen LogP contribution in [0, 0.1) is 6.92 Å². The van der Waals surface area contributed by atoms with E-state index < -0.39 is 0 Å². The second-order valence-corrected chi connectivity index (χ2v) is 8.94. The van der Waals surface area contributed by atoms with Crippen molar-refractivity contribution in [3.05, 3.63) is 109 Å². The molecule has 3 aromatic carbocycles. The van der Waals surface area contributed by atoms with E-state index in [-0.39, 0.29) is 11.7 Å². The molecule has 0 spiro atoms. The molecule has 178 valence electrons. The standard InChI is InChI=1S/C28H23N5O2S/c1-20-9-13-23(14-10-20)33-27(21-6-5-17-29-18-21)31-32-28(33)36-19-26(34)30-22-11-15-25(16-12-22)35-24-7-3-2-4-8-24/h2-18H,19H2,1H3,(H,30,34). The summed E-state index contributed by atoms with van der Waals surface area (Å²) in [7, 11) is 0. The number of carbonyl (C=O) groups is 1. The van der Waals surface area contributed by atoms with Crippen molar-refractivity contribution in [2.24, 2.45) is 0 Å². The number of rotatable bonds is 8. The molecular weight excluding hydrogens is 470 g/mol. The van der Waals surface area contributed by atoms with Crippen LogP contribution >= 0.6 is 11.8 Å². The Balaban J connectivity index is 1.28. The molecule has 0 atom stereocenters. The molecule has 0 unspecified atom stereocenters. The number of nitrogens with one attached hydrogen (secondary N) is 1. The van der Waals surface area contributed by atoms with E-state index in [4.69, 9.17) is 4.74 Å². The SMILES string of the molecule is Cc1ccc(-n2c(SCC(=O)Nc3ccc(Oc4ccccc4)cc3)nnc2-c2cccnc2)cc1. The Kier molecular flexibility index (Phi) is 7.05. The van der Waals surface area contributed by atoms with E-state index in [0.29, 0.717) is 22.4 Å². The molecule has 0 saturated carbocycles. The maximum atomic E-state index is 12.7. The van der Waals surface area contributed by atoms with E-state index in [1.54, 1.807) is 12.4 Å². The van der Waals surface area contributed by atoms with E-state index in [0.717, 1.165) is 22.6 Å². The highest BCUT2D eigenvalue weighted by Gasteiger charge is 2.17. The highest BCUT2D eigenvalue weighted by Crippen LogP contribution is 2.28. The van der Waals surface area contributed by atoms with Gasteiger partial charge in [0.05, 0.1) is 5.75 Å². The van der Waals surface area contributed by atoms with Crippen molar-refractivity contribution >= 4 is 23.4 Å². The van der Waals surface area contributed by atoms with Gasteiger partial charge in [-0.1, -0.05) is 47.7 Å². The van der Waals surface area contributed by atoms with Gasteiger partial charge in [-0.25, -0.2) is 0 Å². The van der Waals surface area contributed by atoms with Gasteiger partial charge in [-0.05, 0) is 67.6 Å². The highest BCUT2D eigenvalue weighted by molar-refractivity contribution is 7.99. The Morgan fingerprint density at radius 3 is 2.36 bits per heavy atom. The van der Waals surface area contributed by atoms with Gasteiger partial charge >= 0.3 is 0 Å². The molecule has 0 bridgehead atoms. The maximum Gasteiger partial charge on any atom is 0.234 e. The molecule has 0 aliphatic rings. The van der Waals surface area contributed by atoms with Gasteiger partial charge in [0, 0.05) is 29.3 Å². The van der Waals surface area contributed by atoms with Gasteiger partial charge in [0.25, 0.3) is 0 Å². The number of ether oxygens (including phenoxy) is 1. The molecule has 5 rings (SSSR count). The lowest BCUT2D eigenvalue weighted by Crippen LogP contribution is -2.14. The smallest absolute Gasteiger partial charge is 0.234 e. The summed E-state index contributed by atoms with van der Waals surface area (Å²) in [6.45, 7) is 2.04. The lowest BCUT2D eigenvalue weighted by molar-refractivity contribution is -0.113. The van der Waals surface area contributed by atoms with Crippen LogP contribution in [-0.2, 0) is 4.79 Å². The van der Waals surface area contributed by atoms with Crippen LogP contribution in [0.25, 0.3) is 17.1 Å². The summed E-state index contributed by atoms with van der Waals surface area (Å²) in [6, 6.07) is 28.7. The number of aromatic nitrogens is 4. The number of thioether (sulfide) groups is 1. The van der Waals surface area contributed by atoms with Gasteiger partial charge < -0.3 is 10.1 Å². The first-order valence-corrected chi connectivity index (χ1v) is 12.3. The van der Waals surface area contributed by atoms with Crippen molar-refractivity contribution in [2.45, 2.75) is 12.1 Å². The average molecular weight is 494 g/mol. The Hall–Kier alpha value is -4.43. The van der Waals surface area contributed by atoms with Crippen molar-refractivity contribution in [1.29, 1.82) is 0 Å². The van der Waals surface area contributed by atoms with Crippen molar-refractivity contribution < 1.29 is 9.53 Å². The number of pyridine rings is 1. The third kappa shape index (κ3) is 5.61. The fourth-order valence-electron chi connectivity index (χ4n) is 3.53. The molecule has 0 aliphatic carbocycles. The molecule has 7 nitrogen and oxygen atoms in total. The number of aryl methyl sites for hydroxylation is 1. The Labute approximate surface area is 213 Å². The number of anilines is 1. The Morgan fingerprint density at radius 1 is 0.889 bits per heavy atom. The maximum absolute atomic E-state index is 12.7. The summed E-state index contributed by atoms with van der Waals surface area (Å²) in [5.41, 5.74) is 3.61. The minimum absolute atomic E-state index is 0.141. The zero-order valence-electron chi connectivity index (χ0n) is 19.5. The molecule has 5 aromatic rings. The topological polar surface area (TPSA) is 81.9 Å². The first kappa shape index (κ1) is 23.3. The molecule has 0 fully saturated rings. The van der Waals surface area contributed by atoms with E-state index in [1.807, 2.05) is 102 Å². The van der Waals surface area contributed by atoms with Crippen molar-refractivity contribution in [3.63, 3.8) is 0 Å². The number of amides is 1. The highest BCUT2D eigenvalue weighted by atomic mass is 32.2. The summed E-state index contributed by atoms with van der Waals surface area (Å²) >= 11 is 1.33. The summed E-state index contributed by atoms with van der Waals surface area (Å²) in [6.07, 6.45) is 3.47. The van der Waals surface area contributed by atoms with Crippen molar-refractivity contribution in [2.75, 3.05) is 11.1 Å². The third-order valence-corrected chi connectivity index (χ3v) is 6.22. The van der Waals surface area contributed by atoms with Gasteiger partial charge in [-0.2, -0.15) is 0 Å². The normalized spacial score (nSPS) is 10.7. The van der Waals surface area contributed by atoms with Crippen LogP contribution in [0.5, 0.6) is 11.5 Å². The van der Waals surface area contributed by atoms with Crippen LogP contribution < -0.4 is 10.1 Å². The van der Waals surface area contributed by atoms with Gasteiger partial charge in [0.2, 0.25) is 5.91 Å². The largest absolute Gasteiger partial charge is 0.457 e. The molecule has 0 aliphatic heterocycles. The lowest BCUT2D eigenvalue weighted by Gasteiger charge is -2.11. The van der Waals surface area contributed by atoms with Crippen molar-refractivity contribution in [1.82, 2.24) is 19.7 Å². The first-order valence-electron chi connectivity index (χ1n) is 11.3. The van der Waals surface area contributed by atoms with E-state index in [2.05, 4.69) is 20.5 Å². The van der Waals surface area contributed by atoms with Crippen LogP contribution in [0.3, 0.4) is 0 Å². The predicted molar refractivity (Wildman–Crippen MR) is 142 cm³/mol. The van der Waals surface area contributed by atoms with Crippen LogP contribution in [0.2, 0.25) is 0 Å². The molecule has 0 saturated heterocycles. The first-order chi connectivity index (χ1) is 17.7. The molecule has 8 heteroatoms. The van der Waals surface area contributed by atoms with Gasteiger partial charge in [0.1, 0.15) is 11.5 Å². The molecule has 2 heterocycles. The van der Waals surface area contributed by atoms with Crippen LogP contribution in [0.4, 0.5) is 5.69 Å². The number of carbonyl (C=O) groups excluding carboxylic acids is 1. The fourth-order valence-corrected chi connectivity index (χ4v) is 4.28.